The smallest absolute Gasteiger partial charge is 0.251 e. The first-order chi connectivity index (χ1) is 12.3. The number of rotatable bonds is 5. The van der Waals surface area contributed by atoms with E-state index < -0.39 is 0 Å². The van der Waals surface area contributed by atoms with Gasteiger partial charge in [0.05, 0.1) is 0 Å². The van der Waals surface area contributed by atoms with Crippen molar-refractivity contribution in [2.24, 2.45) is 0 Å². The van der Waals surface area contributed by atoms with Crippen LogP contribution in [0, 0.1) is 0 Å². The second-order valence-electron chi connectivity index (χ2n) is 7.16. The van der Waals surface area contributed by atoms with E-state index in [-0.39, 0.29) is 5.91 Å². The lowest BCUT2D eigenvalue weighted by atomic mass is 9.95. The van der Waals surface area contributed by atoms with Crippen LogP contribution < -0.4 is 5.32 Å². The summed E-state index contributed by atoms with van der Waals surface area (Å²) in [5.41, 5.74) is 3.31. The number of aryl methyl sites for hydroxylation is 2. The van der Waals surface area contributed by atoms with Gasteiger partial charge in [0.15, 0.2) is 0 Å². The second kappa shape index (κ2) is 9.41. The van der Waals surface area contributed by atoms with Gasteiger partial charge in [-0.2, -0.15) is 0 Å². The van der Waals surface area contributed by atoms with Gasteiger partial charge in [-0.1, -0.05) is 80.6 Å². The molecule has 0 bridgehead atoms. The molecule has 1 saturated carbocycles. The van der Waals surface area contributed by atoms with Crippen molar-refractivity contribution in [3.8, 4) is 0 Å². The van der Waals surface area contributed by atoms with Crippen molar-refractivity contribution in [1.82, 2.24) is 5.32 Å². The number of hydrogen-bond donors (Lipinski definition) is 1. The van der Waals surface area contributed by atoms with Gasteiger partial charge < -0.3 is 5.32 Å². The molecule has 0 atom stereocenters. The van der Waals surface area contributed by atoms with Crippen molar-refractivity contribution < 1.29 is 4.79 Å². The fourth-order valence-electron chi connectivity index (χ4n) is 3.75. The van der Waals surface area contributed by atoms with Gasteiger partial charge >= 0.3 is 0 Å². The highest BCUT2D eigenvalue weighted by molar-refractivity contribution is 5.95. The molecule has 1 amide bonds. The average Bonchev–Trinajstić information content (AvgIpc) is 2.63. The summed E-state index contributed by atoms with van der Waals surface area (Å²) >= 11 is 0. The van der Waals surface area contributed by atoms with E-state index in [9.17, 15) is 4.79 Å². The van der Waals surface area contributed by atoms with Crippen LogP contribution in [0.15, 0.2) is 54.6 Å². The number of benzene rings is 2. The molecule has 0 aromatic heterocycles. The standard InChI is InChI=1S/C23H29NO/c25-23(24-21-14-7-2-1-3-8-15-21)22-16-10-9-13-20(22)18-17-19-11-5-4-6-12-19/h4-6,9-13,16,21H,1-3,7-8,14-15,17-18H2,(H,24,25). The molecule has 0 aliphatic heterocycles. The average molecular weight is 335 g/mol. The molecule has 0 heterocycles. The van der Waals surface area contributed by atoms with Crippen LogP contribution in [-0.4, -0.2) is 11.9 Å². The van der Waals surface area contributed by atoms with Gasteiger partial charge in [0.2, 0.25) is 0 Å². The van der Waals surface area contributed by atoms with E-state index >= 15 is 0 Å². The van der Waals surface area contributed by atoms with Crippen LogP contribution in [0.4, 0.5) is 0 Å². The zero-order valence-corrected chi connectivity index (χ0v) is 15.0. The third-order valence-electron chi connectivity index (χ3n) is 5.23. The SMILES string of the molecule is O=C(NC1CCCCCCC1)c1ccccc1CCc1ccccc1. The molecule has 2 heteroatoms. The van der Waals surface area contributed by atoms with Crippen molar-refractivity contribution in [3.63, 3.8) is 0 Å². The molecule has 2 aromatic rings. The summed E-state index contributed by atoms with van der Waals surface area (Å²) in [5.74, 6) is 0.106. The fraction of sp³-hybridized carbons (Fsp3) is 0.435. The maximum Gasteiger partial charge on any atom is 0.251 e. The van der Waals surface area contributed by atoms with E-state index in [0.717, 1.165) is 36.8 Å². The molecule has 2 aromatic carbocycles. The molecule has 1 fully saturated rings. The van der Waals surface area contributed by atoms with Gasteiger partial charge in [-0.3, -0.25) is 4.79 Å². The zero-order valence-electron chi connectivity index (χ0n) is 15.0. The normalized spacial score (nSPS) is 16.0. The first-order valence-corrected chi connectivity index (χ1v) is 9.75. The third-order valence-corrected chi connectivity index (χ3v) is 5.23. The van der Waals surface area contributed by atoms with Gasteiger partial charge in [-0.25, -0.2) is 0 Å². The van der Waals surface area contributed by atoms with Gasteiger partial charge in [-0.05, 0) is 42.9 Å². The van der Waals surface area contributed by atoms with Crippen LogP contribution in [0.5, 0.6) is 0 Å². The number of hydrogen-bond acceptors (Lipinski definition) is 1. The lowest BCUT2D eigenvalue weighted by Gasteiger charge is -2.21. The van der Waals surface area contributed by atoms with Gasteiger partial charge in [0.1, 0.15) is 0 Å². The van der Waals surface area contributed by atoms with Crippen LogP contribution in [0.1, 0.15) is 66.4 Å². The first-order valence-electron chi connectivity index (χ1n) is 9.75. The lowest BCUT2D eigenvalue weighted by Crippen LogP contribution is -2.35. The topological polar surface area (TPSA) is 29.1 Å². The van der Waals surface area contributed by atoms with E-state index in [1.165, 1.54) is 37.7 Å². The number of carbonyl (C=O) groups is 1. The first kappa shape index (κ1) is 17.7. The largest absolute Gasteiger partial charge is 0.349 e. The Bertz CT molecular complexity index is 657. The van der Waals surface area contributed by atoms with E-state index in [0.29, 0.717) is 6.04 Å². The molecule has 0 saturated heterocycles. The summed E-state index contributed by atoms with van der Waals surface area (Å²) in [6, 6.07) is 18.9. The van der Waals surface area contributed by atoms with Gasteiger partial charge in [0.25, 0.3) is 5.91 Å². The van der Waals surface area contributed by atoms with E-state index in [1.807, 2.05) is 24.3 Å². The van der Waals surface area contributed by atoms with Crippen LogP contribution in [0.2, 0.25) is 0 Å². The van der Waals surface area contributed by atoms with Crippen LogP contribution in [0.3, 0.4) is 0 Å². The minimum Gasteiger partial charge on any atom is -0.349 e. The Morgan fingerprint density at radius 3 is 2.20 bits per heavy atom. The Kier molecular flexibility index (Phi) is 6.67. The lowest BCUT2D eigenvalue weighted by molar-refractivity contribution is 0.0929. The van der Waals surface area contributed by atoms with Crippen molar-refractivity contribution in [1.29, 1.82) is 0 Å². The van der Waals surface area contributed by atoms with Crippen LogP contribution in [0.25, 0.3) is 0 Å². The number of carbonyl (C=O) groups excluding carboxylic acids is 1. The monoisotopic (exact) mass is 335 g/mol. The second-order valence-corrected chi connectivity index (χ2v) is 7.16. The third kappa shape index (κ3) is 5.45. The highest BCUT2D eigenvalue weighted by Crippen LogP contribution is 2.18. The van der Waals surface area contributed by atoms with Gasteiger partial charge in [0, 0.05) is 11.6 Å². The van der Waals surface area contributed by atoms with E-state index in [2.05, 4.69) is 35.6 Å². The predicted octanol–water partition coefficient (Wildman–Crippen LogP) is 5.31. The minimum atomic E-state index is 0.106. The molecule has 3 rings (SSSR count). The molecule has 25 heavy (non-hydrogen) atoms. The maximum absolute atomic E-state index is 12.8. The Labute approximate surface area is 151 Å². The molecule has 0 spiro atoms. The summed E-state index contributed by atoms with van der Waals surface area (Å²) in [6.45, 7) is 0. The Balaban J connectivity index is 1.63. The summed E-state index contributed by atoms with van der Waals surface area (Å²) in [5, 5.41) is 3.30. The quantitative estimate of drug-likeness (QED) is 0.788. The number of amides is 1. The molecular formula is C23H29NO. The molecule has 1 aliphatic carbocycles. The minimum absolute atomic E-state index is 0.106. The predicted molar refractivity (Wildman–Crippen MR) is 104 cm³/mol. The highest BCUT2D eigenvalue weighted by atomic mass is 16.1. The zero-order chi connectivity index (χ0) is 17.3. The Hall–Kier alpha value is -2.09. The summed E-state index contributed by atoms with van der Waals surface area (Å²) in [6.07, 6.45) is 10.5. The van der Waals surface area contributed by atoms with E-state index in [4.69, 9.17) is 0 Å². The Morgan fingerprint density at radius 1 is 0.800 bits per heavy atom. The Morgan fingerprint density at radius 2 is 1.44 bits per heavy atom. The molecule has 2 nitrogen and oxygen atoms in total. The van der Waals surface area contributed by atoms with Crippen molar-refractivity contribution in [2.75, 3.05) is 0 Å². The number of nitrogens with one attached hydrogen (secondary N) is 1. The van der Waals surface area contributed by atoms with Crippen LogP contribution in [-0.2, 0) is 12.8 Å². The fourth-order valence-corrected chi connectivity index (χ4v) is 3.75. The van der Waals surface area contributed by atoms with Crippen LogP contribution >= 0.6 is 0 Å². The highest BCUT2D eigenvalue weighted by Gasteiger charge is 2.17. The van der Waals surface area contributed by atoms with Crippen molar-refractivity contribution in [2.45, 2.75) is 63.8 Å². The summed E-state index contributed by atoms with van der Waals surface area (Å²) < 4.78 is 0. The van der Waals surface area contributed by atoms with Crippen molar-refractivity contribution >= 4 is 5.91 Å². The molecule has 1 aliphatic rings. The van der Waals surface area contributed by atoms with Gasteiger partial charge in [-0.15, -0.1) is 0 Å². The molecule has 0 radical (unpaired) electrons. The summed E-state index contributed by atoms with van der Waals surface area (Å²) in [4.78, 5) is 12.8. The molecular weight excluding hydrogens is 306 g/mol. The molecule has 1 N–H and O–H groups in total. The van der Waals surface area contributed by atoms with Crippen molar-refractivity contribution in [3.05, 3.63) is 71.3 Å². The maximum atomic E-state index is 12.8. The molecule has 0 unspecified atom stereocenters. The van der Waals surface area contributed by atoms with E-state index in [1.54, 1.807) is 0 Å². The summed E-state index contributed by atoms with van der Waals surface area (Å²) in [7, 11) is 0. The molecule has 132 valence electrons.